The number of hydrogen-bond acceptors (Lipinski definition) is 7. The third-order valence-corrected chi connectivity index (χ3v) is 7.59. The molecule has 0 amide bonds. The quantitative estimate of drug-likeness (QED) is 0.216. The van der Waals surface area contributed by atoms with E-state index in [1.807, 2.05) is 34.6 Å². The van der Waals surface area contributed by atoms with Crippen molar-refractivity contribution < 1.29 is 24.2 Å². The molecule has 0 spiro atoms. The molecule has 6 atom stereocenters. The third-order valence-electron chi connectivity index (χ3n) is 7.59. The Kier molecular flexibility index (Phi) is 23.7. The number of Topliss-reactive ketones (excluding diaryl/α,β-unsaturated/α-hetero) is 1. The highest BCUT2D eigenvalue weighted by Crippen LogP contribution is 2.34. The van der Waals surface area contributed by atoms with Crippen LogP contribution in [-0.4, -0.2) is 85.9 Å². The summed E-state index contributed by atoms with van der Waals surface area (Å²) in [6.45, 7) is 29.4. The summed E-state index contributed by atoms with van der Waals surface area (Å²) in [5.41, 5.74) is 0.0702. The highest BCUT2D eigenvalue weighted by Gasteiger charge is 2.34. The molecule has 1 unspecified atom stereocenters. The summed E-state index contributed by atoms with van der Waals surface area (Å²) in [6, 6.07) is 0. The second-order valence-corrected chi connectivity index (χ2v) is 12.9. The van der Waals surface area contributed by atoms with Crippen molar-refractivity contribution in [2.45, 2.75) is 120 Å². The van der Waals surface area contributed by atoms with E-state index in [0.717, 1.165) is 64.7 Å². The smallest absolute Gasteiger partial charge is 0.316 e. The Labute approximate surface area is 254 Å². The minimum Gasteiger partial charge on any atom is -0.465 e. The lowest BCUT2D eigenvalue weighted by Gasteiger charge is -2.33. The van der Waals surface area contributed by atoms with Crippen molar-refractivity contribution >= 4 is 11.8 Å². The van der Waals surface area contributed by atoms with Crippen LogP contribution in [0.1, 0.15) is 107 Å². The zero-order valence-electron chi connectivity index (χ0n) is 28.8. The fourth-order valence-corrected chi connectivity index (χ4v) is 6.10. The summed E-state index contributed by atoms with van der Waals surface area (Å²) in [4.78, 5) is 30.3. The van der Waals surface area contributed by atoms with Crippen LogP contribution in [0.3, 0.4) is 0 Å². The number of hydrogen-bond donors (Lipinski definition) is 1. The van der Waals surface area contributed by atoms with E-state index in [-0.39, 0.29) is 29.2 Å². The first-order valence-electron chi connectivity index (χ1n) is 16.1. The first-order valence-corrected chi connectivity index (χ1v) is 16.1. The lowest BCUT2D eigenvalue weighted by atomic mass is 9.74. The van der Waals surface area contributed by atoms with E-state index in [9.17, 15) is 9.59 Å². The Morgan fingerprint density at radius 2 is 1.51 bits per heavy atom. The molecule has 2 saturated heterocycles. The molecule has 0 bridgehead atoms. The minimum atomic E-state index is -0.604. The van der Waals surface area contributed by atoms with Crippen molar-refractivity contribution in [1.29, 1.82) is 0 Å². The van der Waals surface area contributed by atoms with Crippen LogP contribution < -0.4 is 0 Å². The maximum Gasteiger partial charge on any atom is 0.316 e. The van der Waals surface area contributed by atoms with Gasteiger partial charge in [-0.2, -0.15) is 0 Å². The van der Waals surface area contributed by atoms with Gasteiger partial charge in [-0.3, -0.25) is 9.59 Å². The van der Waals surface area contributed by atoms with E-state index in [1.54, 1.807) is 0 Å². The van der Waals surface area contributed by atoms with Gasteiger partial charge in [0.15, 0.2) is 6.29 Å². The zero-order valence-corrected chi connectivity index (χ0v) is 28.8. The van der Waals surface area contributed by atoms with Gasteiger partial charge in [0, 0.05) is 38.5 Å². The van der Waals surface area contributed by atoms with Gasteiger partial charge >= 0.3 is 5.97 Å². The van der Waals surface area contributed by atoms with Crippen LogP contribution >= 0.6 is 0 Å². The average Bonchev–Trinajstić information content (AvgIpc) is 2.88. The van der Waals surface area contributed by atoms with Gasteiger partial charge in [-0.25, -0.2) is 0 Å². The van der Waals surface area contributed by atoms with Crippen molar-refractivity contribution in [1.82, 2.24) is 9.80 Å². The van der Waals surface area contributed by atoms with Gasteiger partial charge in [-0.05, 0) is 70.4 Å². The van der Waals surface area contributed by atoms with Gasteiger partial charge in [-0.1, -0.05) is 61.8 Å². The Hall–Kier alpha value is -1.28. The molecule has 41 heavy (non-hydrogen) atoms. The number of esters is 1. The molecule has 2 rings (SSSR count). The van der Waals surface area contributed by atoms with Gasteiger partial charge in [0.1, 0.15) is 11.7 Å². The zero-order chi connectivity index (χ0) is 32.2. The van der Waals surface area contributed by atoms with Crippen LogP contribution in [0.4, 0.5) is 0 Å². The molecule has 7 nitrogen and oxygen atoms in total. The molecule has 0 saturated carbocycles. The van der Waals surface area contributed by atoms with Gasteiger partial charge in [0.25, 0.3) is 0 Å². The van der Waals surface area contributed by atoms with Crippen LogP contribution in [0.2, 0.25) is 0 Å². The summed E-state index contributed by atoms with van der Waals surface area (Å²) < 4.78 is 10.6. The van der Waals surface area contributed by atoms with Crippen molar-refractivity contribution in [3.8, 4) is 0 Å². The summed E-state index contributed by atoms with van der Waals surface area (Å²) in [5.74, 6) is 0.199. The number of rotatable bonds is 2. The molecule has 0 aliphatic carbocycles. The van der Waals surface area contributed by atoms with Gasteiger partial charge in [0.05, 0.1) is 12.7 Å². The molecule has 2 aliphatic heterocycles. The van der Waals surface area contributed by atoms with Crippen LogP contribution in [0.5, 0.6) is 0 Å². The van der Waals surface area contributed by atoms with Crippen LogP contribution in [0.15, 0.2) is 13.2 Å². The van der Waals surface area contributed by atoms with Crippen molar-refractivity contribution in [3.05, 3.63) is 13.2 Å². The molecule has 0 radical (unpaired) electrons. The van der Waals surface area contributed by atoms with Crippen molar-refractivity contribution in [2.24, 2.45) is 29.1 Å². The number of likely N-dealkylation sites (N-methyl/N-ethyl adjacent to an activating group) is 2. The summed E-state index contributed by atoms with van der Waals surface area (Å²) in [5, 5.41) is 9.03. The monoisotopic (exact) mass is 585 g/mol. The van der Waals surface area contributed by atoms with Crippen LogP contribution in [-0.2, 0) is 19.1 Å². The molecule has 2 fully saturated rings. The molecule has 1 N–H and O–H groups in total. The van der Waals surface area contributed by atoms with Crippen LogP contribution in [0.25, 0.3) is 0 Å². The van der Waals surface area contributed by atoms with E-state index in [4.69, 9.17) is 14.6 Å². The fraction of sp³-hybridized carbons (Fsp3) is 0.882. The van der Waals surface area contributed by atoms with Crippen LogP contribution in [0, 0.1) is 29.1 Å². The molecular weight excluding hydrogens is 516 g/mol. The lowest BCUT2D eigenvalue weighted by Crippen LogP contribution is -2.35. The Balaban J connectivity index is 0. The molecule has 2 heterocycles. The van der Waals surface area contributed by atoms with E-state index in [2.05, 4.69) is 64.7 Å². The molecule has 0 aromatic rings. The molecule has 244 valence electrons. The van der Waals surface area contributed by atoms with E-state index < -0.39 is 12.2 Å². The molecular formula is C34H68N2O5. The number of carbonyl (C=O) groups is 2. The largest absolute Gasteiger partial charge is 0.465 e. The standard InChI is InChI=1S/C23H44N2O3.C7H14O2.C2H6.C2H4/c1-8-10-20-21(26)19(3)16-23(4,5)15-18(2)17-25(7)13-12-24(6)11-9-14-28-22(20)27;1-5-3-6(2)9-7(8)4-5;2*1-2/h18-20H,8-17H2,1-7H3;5-8H,3-4H2,1-2H3;1-2H3;1-2H2/t18-,19-,20?;5-,6+,7+;;/m10../s1. The van der Waals surface area contributed by atoms with Gasteiger partial charge in [0.2, 0.25) is 0 Å². The number of ketones is 1. The summed E-state index contributed by atoms with van der Waals surface area (Å²) in [6.07, 6.45) is 5.70. The van der Waals surface area contributed by atoms with Gasteiger partial charge in [-0.15, -0.1) is 13.2 Å². The predicted molar refractivity (Wildman–Crippen MR) is 173 cm³/mol. The summed E-state index contributed by atoms with van der Waals surface area (Å²) >= 11 is 0. The van der Waals surface area contributed by atoms with Crippen molar-refractivity contribution in [2.75, 3.05) is 46.9 Å². The predicted octanol–water partition coefficient (Wildman–Crippen LogP) is 6.83. The number of nitrogens with zero attached hydrogens (tertiary/aromatic N) is 2. The number of aliphatic hydroxyl groups is 1. The highest BCUT2D eigenvalue weighted by atomic mass is 16.6. The fourth-order valence-electron chi connectivity index (χ4n) is 6.10. The molecule has 0 aromatic carbocycles. The Bertz CT molecular complexity index is 661. The summed E-state index contributed by atoms with van der Waals surface area (Å²) in [7, 11) is 4.30. The number of cyclic esters (lactones) is 1. The first kappa shape index (κ1) is 41.9. The first-order chi connectivity index (χ1) is 19.2. The van der Waals surface area contributed by atoms with E-state index in [0.29, 0.717) is 24.9 Å². The third kappa shape index (κ3) is 19.5. The van der Waals surface area contributed by atoms with Gasteiger partial charge < -0.3 is 24.4 Å². The SMILES string of the molecule is C=C.CC.CCCC1C(=O)OCCCN(C)CCN(C)C[C@H](C)CC(C)(C)C[C@@H](C)C1=O.C[C@H]1C[C@@H](C)O[C@@H](O)C1. The van der Waals surface area contributed by atoms with E-state index >= 15 is 0 Å². The Morgan fingerprint density at radius 3 is 2.05 bits per heavy atom. The minimum absolute atomic E-state index is 0.0612. The molecule has 7 heteroatoms. The topological polar surface area (TPSA) is 79.3 Å². The Morgan fingerprint density at radius 1 is 0.927 bits per heavy atom. The molecule has 0 aromatic heterocycles. The highest BCUT2D eigenvalue weighted by molar-refractivity contribution is 6.00. The number of aliphatic hydroxyl groups excluding tert-OH is 1. The lowest BCUT2D eigenvalue weighted by molar-refractivity contribution is -0.169. The maximum atomic E-state index is 13.0. The average molecular weight is 585 g/mol. The normalized spacial score (nSPS) is 31.0. The number of carbonyl (C=O) groups excluding carboxylic acids is 2. The maximum absolute atomic E-state index is 13.0. The molecule has 2 aliphatic rings. The van der Waals surface area contributed by atoms with E-state index in [1.165, 1.54) is 0 Å². The van der Waals surface area contributed by atoms with Crippen molar-refractivity contribution in [3.63, 3.8) is 0 Å². The number of ether oxygens (including phenoxy) is 2. The second kappa shape index (κ2) is 23.2. The second-order valence-electron chi connectivity index (χ2n) is 12.9.